The Bertz CT molecular complexity index is 378. The van der Waals surface area contributed by atoms with E-state index in [1.54, 1.807) is 0 Å². The maximum Gasteiger partial charge on any atom is 0.236 e. The Balaban J connectivity index is 2.81. The van der Waals surface area contributed by atoms with Crippen LogP contribution in [0.1, 0.15) is 38.7 Å². The van der Waals surface area contributed by atoms with Crippen LogP contribution < -0.4 is 5.32 Å². The first-order valence-electron chi connectivity index (χ1n) is 7.70. The molecule has 0 fully saturated rings. The zero-order chi connectivity index (χ0) is 14.8. The van der Waals surface area contributed by atoms with Gasteiger partial charge in [-0.3, -0.25) is 4.79 Å². The summed E-state index contributed by atoms with van der Waals surface area (Å²) in [5.41, 5.74) is 1.31. The molecule has 0 spiro atoms. The fourth-order valence-electron chi connectivity index (χ4n) is 2.59. The normalized spacial score (nSPS) is 12.2. The van der Waals surface area contributed by atoms with E-state index in [-0.39, 0.29) is 5.91 Å². The zero-order valence-corrected chi connectivity index (χ0v) is 13.1. The number of amides is 1. The van der Waals surface area contributed by atoms with Gasteiger partial charge < -0.3 is 10.2 Å². The Labute approximate surface area is 123 Å². The topological polar surface area (TPSA) is 32.3 Å². The third kappa shape index (κ3) is 5.33. The van der Waals surface area contributed by atoms with Gasteiger partial charge in [-0.2, -0.15) is 0 Å². The second kappa shape index (κ2) is 9.54. The second-order valence-electron chi connectivity index (χ2n) is 5.25. The first kappa shape index (κ1) is 16.7. The molecule has 3 heteroatoms. The first-order valence-corrected chi connectivity index (χ1v) is 7.70. The predicted molar refractivity (Wildman–Crippen MR) is 84.8 cm³/mol. The van der Waals surface area contributed by atoms with Gasteiger partial charge in [0, 0.05) is 12.6 Å². The van der Waals surface area contributed by atoms with Gasteiger partial charge in [0.1, 0.15) is 0 Å². The Morgan fingerprint density at radius 3 is 2.45 bits per heavy atom. The number of hydrogen-bond acceptors (Lipinski definition) is 2. The lowest BCUT2D eigenvalue weighted by atomic mass is 10.00. The molecule has 1 atom stereocenters. The van der Waals surface area contributed by atoms with Crippen molar-refractivity contribution in [3.05, 3.63) is 35.9 Å². The van der Waals surface area contributed by atoms with E-state index in [2.05, 4.69) is 48.3 Å². The molecular formula is C17H28N2O. The molecule has 112 valence electrons. The smallest absolute Gasteiger partial charge is 0.236 e. The monoisotopic (exact) mass is 276 g/mol. The van der Waals surface area contributed by atoms with Crippen molar-refractivity contribution in [2.75, 3.05) is 20.1 Å². The van der Waals surface area contributed by atoms with Crippen LogP contribution in [0, 0.1) is 0 Å². The van der Waals surface area contributed by atoms with Gasteiger partial charge >= 0.3 is 0 Å². The number of carbonyl (C=O) groups excluding carboxylic acids is 1. The molecule has 0 aliphatic rings. The number of benzene rings is 1. The number of carbonyl (C=O) groups is 1. The van der Waals surface area contributed by atoms with Crippen LogP contribution in [-0.4, -0.2) is 37.0 Å². The van der Waals surface area contributed by atoms with Crippen molar-refractivity contribution in [3.8, 4) is 0 Å². The largest absolute Gasteiger partial charge is 0.338 e. The van der Waals surface area contributed by atoms with Gasteiger partial charge in [0.25, 0.3) is 0 Å². The minimum atomic E-state index is 0.212. The number of nitrogens with zero attached hydrogens (tertiary/aromatic N) is 1. The fourth-order valence-corrected chi connectivity index (χ4v) is 2.59. The summed E-state index contributed by atoms with van der Waals surface area (Å²) in [5.74, 6) is 0.212. The molecule has 0 radical (unpaired) electrons. The average molecular weight is 276 g/mol. The van der Waals surface area contributed by atoms with Crippen LogP contribution in [0.3, 0.4) is 0 Å². The van der Waals surface area contributed by atoms with Crippen LogP contribution in [0.25, 0.3) is 0 Å². The van der Waals surface area contributed by atoms with E-state index in [9.17, 15) is 4.79 Å². The van der Waals surface area contributed by atoms with Crippen molar-refractivity contribution < 1.29 is 4.79 Å². The highest BCUT2D eigenvalue weighted by atomic mass is 16.2. The van der Waals surface area contributed by atoms with Crippen LogP contribution in [0.5, 0.6) is 0 Å². The summed E-state index contributed by atoms with van der Waals surface area (Å²) in [6, 6.07) is 10.8. The van der Waals surface area contributed by atoms with Crippen LogP contribution in [0.2, 0.25) is 0 Å². The first-order chi connectivity index (χ1) is 9.72. The molecule has 20 heavy (non-hydrogen) atoms. The van der Waals surface area contributed by atoms with Gasteiger partial charge in [-0.15, -0.1) is 0 Å². The van der Waals surface area contributed by atoms with Gasteiger partial charge in [0.05, 0.1) is 6.54 Å². The lowest BCUT2D eigenvalue weighted by Gasteiger charge is -2.32. The number of nitrogens with one attached hydrogen (secondary N) is 1. The molecule has 1 aromatic carbocycles. The number of rotatable bonds is 9. The molecule has 0 aliphatic carbocycles. The molecule has 0 aromatic heterocycles. The van der Waals surface area contributed by atoms with Crippen molar-refractivity contribution >= 4 is 5.91 Å². The van der Waals surface area contributed by atoms with E-state index in [0.717, 1.165) is 32.2 Å². The molecule has 1 aromatic rings. The highest BCUT2D eigenvalue weighted by Crippen LogP contribution is 2.15. The summed E-state index contributed by atoms with van der Waals surface area (Å²) in [6.45, 7) is 5.59. The van der Waals surface area contributed by atoms with E-state index in [1.807, 2.05) is 13.1 Å². The molecule has 1 unspecified atom stereocenters. The summed E-state index contributed by atoms with van der Waals surface area (Å²) in [7, 11) is 1.83. The molecule has 1 rings (SSSR count). The summed E-state index contributed by atoms with van der Waals surface area (Å²) in [6.07, 6.45) is 4.11. The Morgan fingerprint density at radius 2 is 1.90 bits per heavy atom. The highest BCUT2D eigenvalue weighted by Gasteiger charge is 2.21. The quantitative estimate of drug-likeness (QED) is 0.752. The van der Waals surface area contributed by atoms with Crippen LogP contribution in [-0.2, 0) is 11.2 Å². The maximum atomic E-state index is 12.3. The third-order valence-electron chi connectivity index (χ3n) is 3.49. The maximum absolute atomic E-state index is 12.3. The van der Waals surface area contributed by atoms with Crippen molar-refractivity contribution in [1.29, 1.82) is 0 Å². The van der Waals surface area contributed by atoms with Crippen LogP contribution in [0.4, 0.5) is 0 Å². The zero-order valence-electron chi connectivity index (χ0n) is 13.1. The minimum absolute atomic E-state index is 0.212. The van der Waals surface area contributed by atoms with Gasteiger partial charge in [0.15, 0.2) is 0 Å². The van der Waals surface area contributed by atoms with Crippen molar-refractivity contribution in [1.82, 2.24) is 10.2 Å². The van der Waals surface area contributed by atoms with E-state index in [1.165, 1.54) is 5.56 Å². The SMILES string of the molecule is CCCC(Cc1ccccc1)N(CCC)C(=O)CNC. The van der Waals surface area contributed by atoms with Crippen molar-refractivity contribution in [2.24, 2.45) is 0 Å². The van der Waals surface area contributed by atoms with Gasteiger partial charge in [-0.25, -0.2) is 0 Å². The number of hydrogen-bond donors (Lipinski definition) is 1. The van der Waals surface area contributed by atoms with E-state index >= 15 is 0 Å². The lowest BCUT2D eigenvalue weighted by molar-refractivity contribution is -0.132. The molecule has 0 aliphatic heterocycles. The van der Waals surface area contributed by atoms with E-state index < -0.39 is 0 Å². The lowest BCUT2D eigenvalue weighted by Crippen LogP contribution is -2.45. The molecule has 1 amide bonds. The third-order valence-corrected chi connectivity index (χ3v) is 3.49. The van der Waals surface area contributed by atoms with Crippen LogP contribution >= 0.6 is 0 Å². The van der Waals surface area contributed by atoms with Crippen LogP contribution in [0.15, 0.2) is 30.3 Å². The molecule has 3 nitrogen and oxygen atoms in total. The van der Waals surface area contributed by atoms with Crippen molar-refractivity contribution in [3.63, 3.8) is 0 Å². The predicted octanol–water partition coefficient (Wildman–Crippen LogP) is 2.86. The van der Waals surface area contributed by atoms with Gasteiger partial charge in [-0.05, 0) is 31.9 Å². The molecule has 0 heterocycles. The Morgan fingerprint density at radius 1 is 1.20 bits per heavy atom. The molecular weight excluding hydrogens is 248 g/mol. The second-order valence-corrected chi connectivity index (χ2v) is 5.25. The highest BCUT2D eigenvalue weighted by molar-refractivity contribution is 5.78. The molecule has 0 saturated heterocycles. The van der Waals surface area contributed by atoms with Gasteiger partial charge in [0.2, 0.25) is 5.91 Å². The van der Waals surface area contributed by atoms with Gasteiger partial charge in [-0.1, -0.05) is 50.6 Å². The average Bonchev–Trinajstić information content (AvgIpc) is 2.46. The fraction of sp³-hybridized carbons (Fsp3) is 0.588. The molecule has 0 saturated carbocycles. The summed E-state index contributed by atoms with van der Waals surface area (Å²) in [4.78, 5) is 14.4. The van der Waals surface area contributed by atoms with Crippen molar-refractivity contribution in [2.45, 2.75) is 45.6 Å². The van der Waals surface area contributed by atoms with E-state index in [4.69, 9.17) is 0 Å². The summed E-state index contributed by atoms with van der Waals surface area (Å²) in [5, 5.41) is 2.98. The van der Waals surface area contributed by atoms with E-state index in [0.29, 0.717) is 12.6 Å². The molecule has 1 N–H and O–H groups in total. The summed E-state index contributed by atoms with van der Waals surface area (Å²) >= 11 is 0. The Kier molecular flexibility index (Phi) is 7.97. The minimum Gasteiger partial charge on any atom is -0.338 e. The molecule has 0 bridgehead atoms. The number of likely N-dealkylation sites (N-methyl/N-ethyl adjacent to an activating group) is 1. The Hall–Kier alpha value is -1.35. The summed E-state index contributed by atoms with van der Waals surface area (Å²) < 4.78 is 0. The standard InChI is InChI=1S/C17H28N2O/c1-4-9-16(13-15-10-7-6-8-11-15)19(12-5-2)17(20)14-18-3/h6-8,10-11,16,18H,4-5,9,12-14H2,1-3H3.